The van der Waals surface area contributed by atoms with Gasteiger partial charge in [-0.3, -0.25) is 9.36 Å². The molecule has 1 amide bonds. The number of aromatic nitrogens is 3. The minimum atomic E-state index is -0.280. The van der Waals surface area contributed by atoms with Crippen LogP contribution in [0.3, 0.4) is 0 Å². The molecule has 1 aromatic heterocycles. The van der Waals surface area contributed by atoms with E-state index in [9.17, 15) is 4.79 Å². The van der Waals surface area contributed by atoms with E-state index in [-0.39, 0.29) is 11.7 Å². The first kappa shape index (κ1) is 25.2. The van der Waals surface area contributed by atoms with Gasteiger partial charge in [0.25, 0.3) is 5.91 Å². The Kier molecular flexibility index (Phi) is 8.46. The topological polar surface area (TPSA) is 81.4 Å². The summed E-state index contributed by atoms with van der Waals surface area (Å²) in [7, 11) is 1.60. The van der Waals surface area contributed by atoms with E-state index in [2.05, 4.69) is 36.7 Å². The number of ether oxygens (including phenoxy) is 1. The summed E-state index contributed by atoms with van der Waals surface area (Å²) < 4.78 is 7.88. The molecule has 4 aromatic rings. The molecule has 178 valence electrons. The van der Waals surface area contributed by atoms with E-state index in [4.69, 9.17) is 27.9 Å². The first-order valence-corrected chi connectivity index (χ1v) is 12.7. The summed E-state index contributed by atoms with van der Waals surface area (Å²) >= 11 is 16.8. The maximum atomic E-state index is 12.4. The van der Waals surface area contributed by atoms with Crippen LogP contribution in [-0.4, -0.2) is 39.7 Å². The van der Waals surface area contributed by atoms with Gasteiger partial charge in [0.15, 0.2) is 11.0 Å². The van der Waals surface area contributed by atoms with Crippen molar-refractivity contribution >= 4 is 63.0 Å². The third-order valence-corrected chi connectivity index (χ3v) is 6.78. The summed E-state index contributed by atoms with van der Waals surface area (Å²) in [6.45, 7) is 0. The van der Waals surface area contributed by atoms with Crippen molar-refractivity contribution in [2.45, 2.75) is 5.16 Å². The zero-order valence-electron chi connectivity index (χ0n) is 18.3. The fourth-order valence-electron chi connectivity index (χ4n) is 3.08. The van der Waals surface area contributed by atoms with Crippen molar-refractivity contribution in [2.24, 2.45) is 5.10 Å². The Morgan fingerprint density at radius 3 is 2.43 bits per heavy atom. The molecule has 0 spiro atoms. The molecule has 11 heteroatoms. The predicted molar refractivity (Wildman–Crippen MR) is 144 cm³/mol. The van der Waals surface area contributed by atoms with Crippen LogP contribution in [0, 0.1) is 0 Å². The van der Waals surface area contributed by atoms with Crippen molar-refractivity contribution in [1.29, 1.82) is 0 Å². The molecular weight excluding hydrogens is 573 g/mol. The lowest BCUT2D eigenvalue weighted by Crippen LogP contribution is -2.20. The molecule has 35 heavy (non-hydrogen) atoms. The minimum absolute atomic E-state index is 0.0932. The Morgan fingerprint density at radius 2 is 1.77 bits per heavy atom. The molecule has 0 unspecified atom stereocenters. The zero-order valence-corrected chi connectivity index (χ0v) is 22.2. The van der Waals surface area contributed by atoms with Crippen LogP contribution >= 0.6 is 50.9 Å². The average Bonchev–Trinajstić information content (AvgIpc) is 3.28. The highest BCUT2D eigenvalue weighted by Gasteiger charge is 2.17. The van der Waals surface area contributed by atoms with E-state index >= 15 is 0 Å². The molecule has 0 aliphatic rings. The number of carbonyl (C=O) groups is 1. The molecule has 0 aliphatic carbocycles. The molecule has 0 saturated carbocycles. The molecule has 0 atom stereocenters. The SMILES string of the molecule is COc1ccc(C=NNC(=O)CSc2nnc(-c3ccc(Cl)cc3)n2-c2ccc(Cl)cc2)cc1Br. The number of hydrazone groups is 1. The number of benzene rings is 3. The maximum absolute atomic E-state index is 12.4. The van der Waals surface area contributed by atoms with Crippen molar-refractivity contribution in [3.63, 3.8) is 0 Å². The summed E-state index contributed by atoms with van der Waals surface area (Å²) in [6, 6.07) is 20.1. The van der Waals surface area contributed by atoms with Gasteiger partial charge in [-0.25, -0.2) is 5.43 Å². The number of amides is 1. The van der Waals surface area contributed by atoms with Crippen molar-refractivity contribution in [2.75, 3.05) is 12.9 Å². The van der Waals surface area contributed by atoms with E-state index in [1.165, 1.54) is 11.8 Å². The Hall–Kier alpha value is -2.85. The van der Waals surface area contributed by atoms with Crippen LogP contribution < -0.4 is 10.2 Å². The van der Waals surface area contributed by atoms with Gasteiger partial charge in [-0.1, -0.05) is 35.0 Å². The quantitative estimate of drug-likeness (QED) is 0.149. The molecule has 0 fully saturated rings. The summed E-state index contributed by atoms with van der Waals surface area (Å²) in [5.41, 5.74) is 4.99. The van der Waals surface area contributed by atoms with E-state index in [1.807, 2.05) is 47.0 Å². The largest absolute Gasteiger partial charge is 0.496 e. The molecule has 0 bridgehead atoms. The van der Waals surface area contributed by atoms with Crippen LogP contribution in [0.4, 0.5) is 0 Å². The zero-order chi connectivity index (χ0) is 24.8. The van der Waals surface area contributed by atoms with E-state index in [0.717, 1.165) is 21.3 Å². The second-order valence-corrected chi connectivity index (χ2v) is 9.77. The number of rotatable bonds is 8. The lowest BCUT2D eigenvalue weighted by atomic mass is 10.2. The molecule has 0 saturated heterocycles. The number of nitrogens with zero attached hydrogens (tertiary/aromatic N) is 4. The number of hydrogen-bond donors (Lipinski definition) is 1. The third kappa shape index (κ3) is 6.43. The molecule has 0 aliphatic heterocycles. The molecule has 1 heterocycles. The van der Waals surface area contributed by atoms with E-state index < -0.39 is 0 Å². The summed E-state index contributed by atoms with van der Waals surface area (Å²) in [4.78, 5) is 12.4. The molecular formula is C24H18BrCl2N5O2S. The molecule has 4 rings (SSSR count). The van der Waals surface area contributed by atoms with Gasteiger partial charge in [0, 0.05) is 21.3 Å². The Labute approximate surface area is 224 Å². The highest BCUT2D eigenvalue weighted by Crippen LogP contribution is 2.29. The first-order chi connectivity index (χ1) is 16.9. The van der Waals surface area contributed by atoms with E-state index in [1.54, 1.807) is 37.6 Å². The van der Waals surface area contributed by atoms with Gasteiger partial charge in [0.2, 0.25) is 0 Å². The lowest BCUT2D eigenvalue weighted by molar-refractivity contribution is -0.118. The minimum Gasteiger partial charge on any atom is -0.496 e. The summed E-state index contributed by atoms with van der Waals surface area (Å²) in [6.07, 6.45) is 1.56. The highest BCUT2D eigenvalue weighted by molar-refractivity contribution is 9.10. The first-order valence-electron chi connectivity index (χ1n) is 10.2. The van der Waals surface area contributed by atoms with Crippen LogP contribution in [0.2, 0.25) is 10.0 Å². The van der Waals surface area contributed by atoms with Gasteiger partial charge in [0.1, 0.15) is 5.75 Å². The average molecular weight is 591 g/mol. The molecule has 0 radical (unpaired) electrons. The van der Waals surface area contributed by atoms with Gasteiger partial charge in [-0.2, -0.15) is 5.10 Å². The monoisotopic (exact) mass is 589 g/mol. The number of halogens is 3. The lowest BCUT2D eigenvalue weighted by Gasteiger charge is -2.10. The van der Waals surface area contributed by atoms with Crippen molar-refractivity contribution in [3.8, 4) is 22.8 Å². The number of nitrogens with one attached hydrogen (secondary N) is 1. The van der Waals surface area contributed by atoms with Gasteiger partial charge in [-0.15, -0.1) is 10.2 Å². The fourth-order valence-corrected chi connectivity index (χ4v) is 4.63. The number of hydrogen-bond acceptors (Lipinski definition) is 6. The third-order valence-electron chi connectivity index (χ3n) is 4.73. The summed E-state index contributed by atoms with van der Waals surface area (Å²) in [5.74, 6) is 1.15. The molecule has 7 nitrogen and oxygen atoms in total. The maximum Gasteiger partial charge on any atom is 0.250 e. The van der Waals surface area contributed by atoms with Crippen LogP contribution in [0.1, 0.15) is 5.56 Å². The van der Waals surface area contributed by atoms with Gasteiger partial charge in [-0.05, 0) is 88.2 Å². The Balaban J connectivity index is 1.48. The summed E-state index contributed by atoms with van der Waals surface area (Å²) in [5, 5.41) is 14.5. The van der Waals surface area contributed by atoms with Crippen LogP contribution in [0.15, 0.2) is 81.5 Å². The number of carbonyl (C=O) groups excluding carboxylic acids is 1. The van der Waals surface area contributed by atoms with Gasteiger partial charge in [0.05, 0.1) is 23.5 Å². The number of methoxy groups -OCH3 is 1. The standard InChI is InChI=1S/C24H18BrCl2N5O2S/c1-34-21-11-2-15(12-20(21)25)13-28-29-22(33)14-35-24-31-30-23(16-3-5-17(26)6-4-16)32(24)19-9-7-18(27)8-10-19/h2-13H,14H2,1H3,(H,29,33). The highest BCUT2D eigenvalue weighted by atomic mass is 79.9. The van der Waals surface area contributed by atoms with Crippen LogP contribution in [0.5, 0.6) is 5.75 Å². The van der Waals surface area contributed by atoms with Crippen LogP contribution in [-0.2, 0) is 4.79 Å². The van der Waals surface area contributed by atoms with Gasteiger partial charge < -0.3 is 4.74 Å². The predicted octanol–water partition coefficient (Wildman–Crippen LogP) is 6.25. The molecule has 3 aromatic carbocycles. The van der Waals surface area contributed by atoms with Gasteiger partial charge >= 0.3 is 0 Å². The fraction of sp³-hybridized carbons (Fsp3) is 0.0833. The normalized spacial score (nSPS) is 11.1. The van der Waals surface area contributed by atoms with Crippen molar-refractivity contribution < 1.29 is 9.53 Å². The second-order valence-electron chi connectivity index (χ2n) is 7.10. The second kappa shape index (κ2) is 11.7. The Morgan fingerprint density at radius 1 is 1.09 bits per heavy atom. The molecule has 1 N–H and O–H groups in total. The van der Waals surface area contributed by atoms with Crippen molar-refractivity contribution in [1.82, 2.24) is 20.2 Å². The van der Waals surface area contributed by atoms with E-state index in [0.29, 0.717) is 26.8 Å². The number of thioether (sulfide) groups is 1. The Bertz CT molecular complexity index is 1360. The van der Waals surface area contributed by atoms with Crippen LogP contribution in [0.25, 0.3) is 17.1 Å². The smallest absolute Gasteiger partial charge is 0.250 e. The van der Waals surface area contributed by atoms with Crippen molar-refractivity contribution in [3.05, 3.63) is 86.8 Å².